The SMILES string of the molecule is CCCCNC(C)(C)C(C)CCC(CCCC)C(C)C(CC)C(C)C. The van der Waals surface area contributed by atoms with Gasteiger partial charge in [0.2, 0.25) is 0 Å². The van der Waals surface area contributed by atoms with E-state index in [2.05, 4.69) is 67.6 Å². The Labute approximate surface area is 161 Å². The molecule has 1 nitrogen and oxygen atoms in total. The van der Waals surface area contributed by atoms with Gasteiger partial charge in [-0.3, -0.25) is 0 Å². The highest BCUT2D eigenvalue weighted by Gasteiger charge is 2.29. The molecule has 0 aliphatic rings. The number of hydrogen-bond donors (Lipinski definition) is 1. The quantitative estimate of drug-likeness (QED) is 0.297. The van der Waals surface area contributed by atoms with Crippen molar-refractivity contribution in [1.29, 1.82) is 0 Å². The summed E-state index contributed by atoms with van der Waals surface area (Å²) in [6.45, 7) is 22.8. The molecule has 0 heterocycles. The molecule has 0 aromatic heterocycles. The van der Waals surface area contributed by atoms with Crippen LogP contribution in [0.25, 0.3) is 0 Å². The molecule has 0 aliphatic heterocycles. The molecule has 0 fully saturated rings. The smallest absolute Gasteiger partial charge is 0.0150 e. The zero-order chi connectivity index (χ0) is 19.5. The molecule has 152 valence electrons. The molecule has 25 heavy (non-hydrogen) atoms. The largest absolute Gasteiger partial charge is 0.312 e. The molecule has 0 amide bonds. The Hall–Kier alpha value is -0.0400. The van der Waals surface area contributed by atoms with E-state index < -0.39 is 0 Å². The fourth-order valence-corrected chi connectivity index (χ4v) is 4.52. The summed E-state index contributed by atoms with van der Waals surface area (Å²) in [5.41, 5.74) is 0.260. The number of rotatable bonds is 15. The van der Waals surface area contributed by atoms with Gasteiger partial charge in [0.1, 0.15) is 0 Å². The summed E-state index contributed by atoms with van der Waals surface area (Å²) in [5, 5.41) is 3.81. The maximum Gasteiger partial charge on any atom is 0.0150 e. The first-order valence-electron chi connectivity index (χ1n) is 11.5. The molecule has 0 rings (SSSR count). The lowest BCUT2D eigenvalue weighted by Crippen LogP contribution is -2.45. The molecule has 4 unspecified atom stereocenters. The molecule has 0 radical (unpaired) electrons. The normalized spacial score (nSPS) is 17.5. The van der Waals surface area contributed by atoms with Crippen molar-refractivity contribution in [2.45, 2.75) is 119 Å². The van der Waals surface area contributed by atoms with Gasteiger partial charge >= 0.3 is 0 Å². The Kier molecular flexibility index (Phi) is 13.2. The Bertz CT molecular complexity index is 307. The summed E-state index contributed by atoms with van der Waals surface area (Å²) in [6.07, 6.45) is 10.8. The molecule has 0 spiro atoms. The second kappa shape index (κ2) is 13.2. The fraction of sp³-hybridized carbons (Fsp3) is 1.00. The minimum atomic E-state index is 0.260. The molecule has 0 aromatic rings. The lowest BCUT2D eigenvalue weighted by molar-refractivity contribution is 0.152. The van der Waals surface area contributed by atoms with Gasteiger partial charge in [0.15, 0.2) is 0 Å². The average molecular weight is 354 g/mol. The highest BCUT2D eigenvalue weighted by atomic mass is 15.0. The Morgan fingerprint density at radius 2 is 1.40 bits per heavy atom. The average Bonchev–Trinajstić information content (AvgIpc) is 2.54. The Balaban J connectivity index is 4.74. The van der Waals surface area contributed by atoms with Crippen molar-refractivity contribution >= 4 is 0 Å². The van der Waals surface area contributed by atoms with Gasteiger partial charge in [-0.2, -0.15) is 0 Å². The van der Waals surface area contributed by atoms with E-state index in [1.807, 2.05) is 0 Å². The topological polar surface area (TPSA) is 12.0 Å². The molecule has 0 aromatic carbocycles. The number of nitrogens with one attached hydrogen (secondary N) is 1. The maximum absolute atomic E-state index is 3.81. The van der Waals surface area contributed by atoms with Crippen LogP contribution in [0.15, 0.2) is 0 Å². The van der Waals surface area contributed by atoms with Gasteiger partial charge < -0.3 is 5.32 Å². The molecule has 0 saturated carbocycles. The van der Waals surface area contributed by atoms with Gasteiger partial charge in [-0.1, -0.05) is 80.6 Å². The van der Waals surface area contributed by atoms with Gasteiger partial charge in [-0.15, -0.1) is 0 Å². The molecule has 1 N–H and O–H groups in total. The molecule has 0 aliphatic carbocycles. The van der Waals surface area contributed by atoms with Crippen LogP contribution in [0, 0.1) is 29.6 Å². The first kappa shape index (κ1) is 25.0. The number of hydrogen-bond acceptors (Lipinski definition) is 1. The zero-order valence-corrected chi connectivity index (χ0v) is 19.3. The van der Waals surface area contributed by atoms with Crippen LogP contribution in [0.2, 0.25) is 0 Å². The molecule has 0 bridgehead atoms. The van der Waals surface area contributed by atoms with E-state index >= 15 is 0 Å². The first-order chi connectivity index (χ1) is 11.7. The summed E-state index contributed by atoms with van der Waals surface area (Å²) in [7, 11) is 0. The van der Waals surface area contributed by atoms with Crippen molar-refractivity contribution in [3.05, 3.63) is 0 Å². The van der Waals surface area contributed by atoms with Crippen LogP contribution in [0.1, 0.15) is 114 Å². The van der Waals surface area contributed by atoms with E-state index in [-0.39, 0.29) is 5.54 Å². The molecule has 0 saturated heterocycles. The molecular formula is C24H51N. The van der Waals surface area contributed by atoms with E-state index in [1.165, 1.54) is 51.4 Å². The van der Waals surface area contributed by atoms with Crippen LogP contribution in [0.3, 0.4) is 0 Å². The van der Waals surface area contributed by atoms with Crippen LogP contribution < -0.4 is 5.32 Å². The van der Waals surface area contributed by atoms with Gasteiger partial charge in [0.25, 0.3) is 0 Å². The van der Waals surface area contributed by atoms with Crippen molar-refractivity contribution < 1.29 is 0 Å². The first-order valence-corrected chi connectivity index (χ1v) is 11.5. The highest BCUT2D eigenvalue weighted by molar-refractivity contribution is 4.85. The summed E-state index contributed by atoms with van der Waals surface area (Å²) >= 11 is 0. The summed E-state index contributed by atoms with van der Waals surface area (Å²) in [6, 6.07) is 0. The van der Waals surface area contributed by atoms with E-state index in [1.54, 1.807) is 0 Å². The van der Waals surface area contributed by atoms with Gasteiger partial charge in [0.05, 0.1) is 0 Å². The van der Waals surface area contributed by atoms with E-state index in [4.69, 9.17) is 0 Å². The summed E-state index contributed by atoms with van der Waals surface area (Å²) in [5.74, 6) is 4.20. The van der Waals surface area contributed by atoms with Crippen LogP contribution in [-0.4, -0.2) is 12.1 Å². The second-order valence-corrected chi connectivity index (χ2v) is 9.56. The standard InChI is InChI=1S/C24H51N/c1-10-13-15-22(21(7)23(12-3)19(4)5)17-16-20(6)24(8,9)25-18-14-11-2/h19-23,25H,10-18H2,1-9H3. The minimum Gasteiger partial charge on any atom is -0.312 e. The van der Waals surface area contributed by atoms with Crippen LogP contribution >= 0.6 is 0 Å². The van der Waals surface area contributed by atoms with Crippen molar-refractivity contribution in [3.63, 3.8) is 0 Å². The lowest BCUT2D eigenvalue weighted by Gasteiger charge is -2.37. The van der Waals surface area contributed by atoms with E-state index in [0.29, 0.717) is 0 Å². The van der Waals surface area contributed by atoms with Crippen molar-refractivity contribution in [1.82, 2.24) is 5.32 Å². The second-order valence-electron chi connectivity index (χ2n) is 9.56. The molecule has 4 atom stereocenters. The predicted molar refractivity (Wildman–Crippen MR) is 116 cm³/mol. The third-order valence-electron chi connectivity index (χ3n) is 6.99. The fourth-order valence-electron chi connectivity index (χ4n) is 4.52. The van der Waals surface area contributed by atoms with Crippen LogP contribution in [0.5, 0.6) is 0 Å². The monoisotopic (exact) mass is 353 g/mol. The Morgan fingerprint density at radius 3 is 1.88 bits per heavy atom. The molecular weight excluding hydrogens is 302 g/mol. The van der Waals surface area contributed by atoms with Gasteiger partial charge in [0, 0.05) is 5.54 Å². The summed E-state index contributed by atoms with van der Waals surface area (Å²) < 4.78 is 0. The van der Waals surface area contributed by atoms with Gasteiger partial charge in [-0.05, 0) is 69.2 Å². The van der Waals surface area contributed by atoms with Crippen molar-refractivity contribution in [3.8, 4) is 0 Å². The minimum absolute atomic E-state index is 0.260. The number of unbranched alkanes of at least 4 members (excludes halogenated alkanes) is 2. The molecule has 1 heteroatoms. The highest BCUT2D eigenvalue weighted by Crippen LogP contribution is 2.36. The van der Waals surface area contributed by atoms with Crippen LogP contribution in [0.4, 0.5) is 0 Å². The van der Waals surface area contributed by atoms with Crippen molar-refractivity contribution in [2.75, 3.05) is 6.54 Å². The van der Waals surface area contributed by atoms with Crippen molar-refractivity contribution in [2.24, 2.45) is 29.6 Å². The van der Waals surface area contributed by atoms with Gasteiger partial charge in [-0.25, -0.2) is 0 Å². The van der Waals surface area contributed by atoms with E-state index in [9.17, 15) is 0 Å². The lowest BCUT2D eigenvalue weighted by atomic mass is 9.71. The predicted octanol–water partition coefficient (Wildman–Crippen LogP) is 7.70. The van der Waals surface area contributed by atoms with E-state index in [0.717, 1.165) is 36.1 Å². The summed E-state index contributed by atoms with van der Waals surface area (Å²) in [4.78, 5) is 0. The zero-order valence-electron chi connectivity index (χ0n) is 19.3. The third kappa shape index (κ3) is 9.45. The van der Waals surface area contributed by atoms with Crippen LogP contribution in [-0.2, 0) is 0 Å². The third-order valence-corrected chi connectivity index (χ3v) is 6.99. The maximum atomic E-state index is 3.81. The Morgan fingerprint density at radius 1 is 0.800 bits per heavy atom.